The smallest absolute Gasteiger partial charge is 0.262 e. The third-order valence-electron chi connectivity index (χ3n) is 4.15. The molecule has 25 heavy (non-hydrogen) atoms. The molecule has 0 spiro atoms. The highest BCUT2D eigenvalue weighted by Crippen LogP contribution is 2.31. The van der Waals surface area contributed by atoms with Gasteiger partial charge in [0, 0.05) is 24.5 Å². The minimum Gasteiger partial charge on any atom is -0.482 e. The van der Waals surface area contributed by atoms with Gasteiger partial charge < -0.3 is 20.3 Å². The lowest BCUT2D eigenvalue weighted by Gasteiger charge is -2.21. The lowest BCUT2D eigenvalue weighted by atomic mass is 10.1. The highest BCUT2D eigenvalue weighted by molar-refractivity contribution is 6.12. The second kappa shape index (κ2) is 7.25. The van der Waals surface area contributed by atoms with Crippen LogP contribution in [0.1, 0.15) is 24.2 Å². The number of rotatable bonds is 5. The number of carbonyl (C=O) groups excluding carboxylic acids is 2. The lowest BCUT2D eigenvalue weighted by molar-refractivity contribution is -0.118. The minimum atomic E-state index is -0.293. The number of para-hydroxylation sites is 1. The van der Waals surface area contributed by atoms with Gasteiger partial charge >= 0.3 is 0 Å². The average molecular weight is 339 g/mol. The Bertz CT molecular complexity index is 783. The van der Waals surface area contributed by atoms with Gasteiger partial charge in [0.25, 0.3) is 11.8 Å². The summed E-state index contributed by atoms with van der Waals surface area (Å²) < 4.78 is 5.35. The molecule has 0 saturated carbocycles. The van der Waals surface area contributed by atoms with Crippen molar-refractivity contribution in [2.24, 2.45) is 0 Å². The van der Waals surface area contributed by atoms with Crippen LogP contribution in [0.2, 0.25) is 0 Å². The molecule has 2 N–H and O–H groups in total. The molecule has 0 bridgehead atoms. The van der Waals surface area contributed by atoms with Crippen molar-refractivity contribution in [2.75, 3.05) is 35.2 Å². The molecule has 0 aliphatic carbocycles. The third kappa shape index (κ3) is 3.57. The minimum absolute atomic E-state index is 0.0368. The summed E-state index contributed by atoms with van der Waals surface area (Å²) in [6.45, 7) is 6.03. The highest BCUT2D eigenvalue weighted by Gasteiger charge is 2.22. The van der Waals surface area contributed by atoms with Crippen molar-refractivity contribution >= 4 is 28.9 Å². The van der Waals surface area contributed by atoms with Crippen molar-refractivity contribution in [1.29, 1.82) is 0 Å². The zero-order valence-electron chi connectivity index (χ0n) is 14.3. The molecule has 0 saturated heterocycles. The number of anilines is 3. The summed E-state index contributed by atoms with van der Waals surface area (Å²) in [5.41, 5.74) is 2.59. The number of nitrogens with one attached hydrogen (secondary N) is 2. The van der Waals surface area contributed by atoms with Gasteiger partial charge in [0.1, 0.15) is 5.75 Å². The summed E-state index contributed by atoms with van der Waals surface area (Å²) in [6.07, 6.45) is 0. The fourth-order valence-electron chi connectivity index (χ4n) is 2.83. The molecular weight excluding hydrogens is 318 g/mol. The molecular formula is C19H21N3O3. The molecule has 0 fully saturated rings. The number of hydrogen-bond donors (Lipinski definition) is 2. The number of benzene rings is 2. The number of ether oxygens (including phenoxy) is 1. The molecule has 1 aliphatic rings. The zero-order chi connectivity index (χ0) is 17.8. The van der Waals surface area contributed by atoms with Gasteiger partial charge in [-0.15, -0.1) is 0 Å². The van der Waals surface area contributed by atoms with Gasteiger partial charge in [-0.1, -0.05) is 6.07 Å². The van der Waals surface area contributed by atoms with E-state index in [1.54, 1.807) is 18.2 Å². The van der Waals surface area contributed by atoms with E-state index in [2.05, 4.69) is 29.4 Å². The predicted molar refractivity (Wildman–Crippen MR) is 98.5 cm³/mol. The van der Waals surface area contributed by atoms with Crippen LogP contribution in [-0.4, -0.2) is 31.5 Å². The van der Waals surface area contributed by atoms with Crippen LogP contribution in [0.5, 0.6) is 5.75 Å². The first-order valence-electron chi connectivity index (χ1n) is 8.34. The van der Waals surface area contributed by atoms with Crippen LogP contribution in [0.15, 0.2) is 42.5 Å². The van der Waals surface area contributed by atoms with Crippen LogP contribution in [0, 0.1) is 0 Å². The summed E-state index contributed by atoms with van der Waals surface area (Å²) in [4.78, 5) is 26.4. The van der Waals surface area contributed by atoms with E-state index in [1.807, 2.05) is 24.3 Å². The highest BCUT2D eigenvalue weighted by atomic mass is 16.5. The Morgan fingerprint density at radius 3 is 2.56 bits per heavy atom. The summed E-state index contributed by atoms with van der Waals surface area (Å²) >= 11 is 0. The van der Waals surface area contributed by atoms with E-state index in [1.165, 1.54) is 0 Å². The third-order valence-corrected chi connectivity index (χ3v) is 4.15. The van der Waals surface area contributed by atoms with Crippen LogP contribution < -0.4 is 20.3 Å². The van der Waals surface area contributed by atoms with Crippen molar-refractivity contribution in [2.45, 2.75) is 13.8 Å². The fraction of sp³-hybridized carbons (Fsp3) is 0.263. The molecule has 130 valence electrons. The molecule has 0 aromatic heterocycles. The first-order valence-corrected chi connectivity index (χ1v) is 8.34. The van der Waals surface area contributed by atoms with Crippen molar-refractivity contribution in [3.63, 3.8) is 0 Å². The normalized spacial score (nSPS) is 12.6. The van der Waals surface area contributed by atoms with Crippen LogP contribution >= 0.6 is 0 Å². The van der Waals surface area contributed by atoms with Gasteiger partial charge in [0.15, 0.2) is 6.61 Å². The molecule has 1 heterocycles. The summed E-state index contributed by atoms with van der Waals surface area (Å²) in [7, 11) is 0. The average Bonchev–Trinajstić information content (AvgIpc) is 2.63. The predicted octanol–water partition coefficient (Wildman–Crippen LogP) is 3.12. The maximum atomic E-state index is 12.6. The molecule has 0 radical (unpaired) electrons. The second-order valence-corrected chi connectivity index (χ2v) is 5.69. The van der Waals surface area contributed by atoms with E-state index in [4.69, 9.17) is 4.74 Å². The summed E-state index contributed by atoms with van der Waals surface area (Å²) in [5.74, 6) is -0.0568. The Labute approximate surface area is 146 Å². The van der Waals surface area contributed by atoms with Crippen molar-refractivity contribution in [3.05, 3.63) is 48.0 Å². The number of fused-ring (bicyclic) bond motifs is 1. The quantitative estimate of drug-likeness (QED) is 0.878. The second-order valence-electron chi connectivity index (χ2n) is 5.69. The summed E-state index contributed by atoms with van der Waals surface area (Å²) in [5, 5.41) is 5.56. The zero-order valence-corrected chi connectivity index (χ0v) is 14.3. The van der Waals surface area contributed by atoms with E-state index in [9.17, 15) is 9.59 Å². The Morgan fingerprint density at radius 1 is 1.16 bits per heavy atom. The van der Waals surface area contributed by atoms with Crippen LogP contribution in [0.4, 0.5) is 17.1 Å². The van der Waals surface area contributed by atoms with Crippen molar-refractivity contribution in [1.82, 2.24) is 0 Å². The Morgan fingerprint density at radius 2 is 1.88 bits per heavy atom. The van der Waals surface area contributed by atoms with Crippen LogP contribution in [0.25, 0.3) is 0 Å². The fourth-order valence-corrected chi connectivity index (χ4v) is 2.83. The molecule has 2 aromatic rings. The molecule has 0 unspecified atom stereocenters. The monoisotopic (exact) mass is 339 g/mol. The van der Waals surface area contributed by atoms with Gasteiger partial charge in [-0.3, -0.25) is 9.59 Å². The van der Waals surface area contributed by atoms with E-state index in [0.29, 0.717) is 22.7 Å². The standard InChI is InChI=1S/C19H21N3O3/c1-3-22(4-2)14-10-8-13(9-11-14)20-19(24)15-6-5-7-16-18(15)21-17(23)12-25-16/h5-11H,3-4,12H2,1-2H3,(H,20,24)(H,21,23). The van der Waals surface area contributed by atoms with Gasteiger partial charge in [0.05, 0.1) is 11.3 Å². The molecule has 6 nitrogen and oxygen atoms in total. The molecule has 2 aromatic carbocycles. The maximum absolute atomic E-state index is 12.6. The van der Waals surface area contributed by atoms with Crippen molar-refractivity contribution < 1.29 is 14.3 Å². The number of carbonyl (C=O) groups is 2. The lowest BCUT2D eigenvalue weighted by Crippen LogP contribution is -2.27. The number of nitrogens with zero attached hydrogens (tertiary/aromatic N) is 1. The molecule has 1 aliphatic heterocycles. The molecule has 2 amide bonds. The number of amides is 2. The molecule has 0 atom stereocenters. The van der Waals surface area contributed by atoms with Gasteiger partial charge in [-0.25, -0.2) is 0 Å². The van der Waals surface area contributed by atoms with E-state index in [0.717, 1.165) is 18.8 Å². The maximum Gasteiger partial charge on any atom is 0.262 e. The summed E-state index contributed by atoms with van der Waals surface area (Å²) in [6, 6.07) is 12.8. The van der Waals surface area contributed by atoms with Crippen LogP contribution in [0.3, 0.4) is 0 Å². The van der Waals surface area contributed by atoms with Crippen molar-refractivity contribution in [3.8, 4) is 5.75 Å². The SMILES string of the molecule is CCN(CC)c1ccc(NC(=O)c2cccc3c2NC(=O)CO3)cc1. The first kappa shape index (κ1) is 16.8. The Balaban J connectivity index is 1.78. The molecule has 3 rings (SSSR count). The van der Waals surface area contributed by atoms with E-state index in [-0.39, 0.29) is 18.4 Å². The van der Waals surface area contributed by atoms with Gasteiger partial charge in [0.2, 0.25) is 0 Å². The first-order chi connectivity index (χ1) is 12.1. The topological polar surface area (TPSA) is 70.7 Å². The largest absolute Gasteiger partial charge is 0.482 e. The van der Waals surface area contributed by atoms with E-state index >= 15 is 0 Å². The van der Waals surface area contributed by atoms with E-state index < -0.39 is 0 Å². The van der Waals surface area contributed by atoms with Crippen LogP contribution in [-0.2, 0) is 4.79 Å². The Kier molecular flexibility index (Phi) is 4.88. The number of hydrogen-bond acceptors (Lipinski definition) is 4. The molecule has 6 heteroatoms. The van der Waals surface area contributed by atoms with Gasteiger partial charge in [-0.2, -0.15) is 0 Å². The van der Waals surface area contributed by atoms with Gasteiger partial charge in [-0.05, 0) is 50.2 Å². The Hall–Kier alpha value is -3.02.